The Morgan fingerprint density at radius 3 is 2.70 bits per heavy atom. The Hall–Kier alpha value is -1.78. The number of nitrogens with two attached hydrogens (primary N) is 1. The van der Waals surface area contributed by atoms with Crippen molar-refractivity contribution >= 4 is 0 Å². The first-order valence-corrected chi connectivity index (χ1v) is 6.73. The first-order chi connectivity index (χ1) is 9.72. The summed E-state index contributed by atoms with van der Waals surface area (Å²) in [5.41, 5.74) is 7.55. The molecule has 106 valence electrons. The van der Waals surface area contributed by atoms with E-state index in [0.29, 0.717) is 5.56 Å². The number of rotatable bonds is 6. The van der Waals surface area contributed by atoms with E-state index in [1.807, 2.05) is 19.1 Å². The molecule has 1 aromatic heterocycles. The Morgan fingerprint density at radius 1 is 1.25 bits per heavy atom. The number of ether oxygens (including phenoxy) is 1. The predicted octanol–water partition coefficient (Wildman–Crippen LogP) is 3.22. The lowest BCUT2D eigenvalue weighted by molar-refractivity contribution is 0.0197. The summed E-state index contributed by atoms with van der Waals surface area (Å²) in [4.78, 5) is 4.09. The Labute approximate surface area is 118 Å². The van der Waals surface area contributed by atoms with Gasteiger partial charge in [-0.05, 0) is 18.6 Å². The van der Waals surface area contributed by atoms with Crippen molar-refractivity contribution in [1.82, 2.24) is 4.98 Å². The molecule has 2 aromatic rings. The number of benzene rings is 1. The molecular formula is C16H19FN2O. The maximum Gasteiger partial charge on any atom is 0.128 e. The number of halogens is 1. The first-order valence-electron chi connectivity index (χ1n) is 6.73. The fraction of sp³-hybridized carbons (Fsp3) is 0.312. The molecule has 0 spiro atoms. The molecule has 0 fully saturated rings. The summed E-state index contributed by atoms with van der Waals surface area (Å²) >= 11 is 0. The minimum absolute atomic E-state index is 0.147. The molecule has 0 aliphatic rings. The number of aromatic nitrogens is 1. The third-order valence-corrected chi connectivity index (χ3v) is 3.25. The van der Waals surface area contributed by atoms with E-state index in [1.54, 1.807) is 30.6 Å². The van der Waals surface area contributed by atoms with Gasteiger partial charge < -0.3 is 10.5 Å². The Balaban J connectivity index is 2.11. The molecule has 0 saturated heterocycles. The highest BCUT2D eigenvalue weighted by atomic mass is 19.1. The van der Waals surface area contributed by atoms with Crippen molar-refractivity contribution in [3.05, 3.63) is 65.7 Å². The third-order valence-electron chi connectivity index (χ3n) is 3.25. The van der Waals surface area contributed by atoms with E-state index in [-0.39, 0.29) is 24.6 Å². The summed E-state index contributed by atoms with van der Waals surface area (Å²) in [6, 6.07) is 10.2. The zero-order chi connectivity index (χ0) is 14.4. The maximum absolute atomic E-state index is 13.6. The lowest BCUT2D eigenvalue weighted by atomic mass is 10.0. The minimum Gasteiger partial charge on any atom is -0.367 e. The van der Waals surface area contributed by atoms with Crippen LogP contribution in [0, 0.1) is 5.82 Å². The Bertz CT molecular complexity index is 533. The van der Waals surface area contributed by atoms with Crippen LogP contribution >= 0.6 is 0 Å². The van der Waals surface area contributed by atoms with E-state index in [1.165, 1.54) is 6.07 Å². The molecule has 2 atom stereocenters. The van der Waals surface area contributed by atoms with Gasteiger partial charge in [0.25, 0.3) is 0 Å². The van der Waals surface area contributed by atoms with Gasteiger partial charge in [-0.15, -0.1) is 0 Å². The van der Waals surface area contributed by atoms with Gasteiger partial charge in [0.05, 0.1) is 12.7 Å². The number of hydrogen-bond donors (Lipinski definition) is 1. The van der Waals surface area contributed by atoms with Crippen LogP contribution in [0.2, 0.25) is 0 Å². The van der Waals surface area contributed by atoms with Crippen molar-refractivity contribution in [3.8, 4) is 0 Å². The molecule has 2 rings (SSSR count). The summed E-state index contributed by atoms with van der Waals surface area (Å²) in [6.07, 6.45) is 3.93. The second kappa shape index (κ2) is 7.12. The number of pyridine rings is 1. The van der Waals surface area contributed by atoms with E-state index >= 15 is 0 Å². The van der Waals surface area contributed by atoms with Gasteiger partial charge in [0.2, 0.25) is 0 Å². The summed E-state index contributed by atoms with van der Waals surface area (Å²) in [7, 11) is 0. The van der Waals surface area contributed by atoms with Gasteiger partial charge in [-0.1, -0.05) is 31.2 Å². The van der Waals surface area contributed by atoms with Gasteiger partial charge in [-0.3, -0.25) is 4.98 Å². The number of nitrogens with zero attached hydrogens (tertiary/aromatic N) is 1. The van der Waals surface area contributed by atoms with Crippen LogP contribution in [0.25, 0.3) is 0 Å². The zero-order valence-corrected chi connectivity index (χ0v) is 11.5. The van der Waals surface area contributed by atoms with Crippen LogP contribution in [0.5, 0.6) is 0 Å². The van der Waals surface area contributed by atoms with Crippen molar-refractivity contribution in [2.45, 2.75) is 32.1 Å². The van der Waals surface area contributed by atoms with Gasteiger partial charge in [-0.25, -0.2) is 4.39 Å². The molecular weight excluding hydrogens is 255 g/mol. The topological polar surface area (TPSA) is 48.1 Å². The van der Waals surface area contributed by atoms with Crippen LogP contribution in [-0.4, -0.2) is 11.0 Å². The SMILES string of the molecule is CCC(N)C(OCc1ccccc1F)c1cccnc1. The normalized spacial score (nSPS) is 13.9. The van der Waals surface area contributed by atoms with Crippen LogP contribution in [-0.2, 0) is 11.3 Å². The van der Waals surface area contributed by atoms with Crippen LogP contribution in [0.1, 0.15) is 30.6 Å². The van der Waals surface area contributed by atoms with E-state index in [0.717, 1.165) is 12.0 Å². The smallest absolute Gasteiger partial charge is 0.128 e. The Morgan fingerprint density at radius 2 is 2.05 bits per heavy atom. The monoisotopic (exact) mass is 274 g/mol. The van der Waals surface area contributed by atoms with Crippen LogP contribution < -0.4 is 5.73 Å². The molecule has 20 heavy (non-hydrogen) atoms. The fourth-order valence-electron chi connectivity index (χ4n) is 2.02. The number of hydrogen-bond acceptors (Lipinski definition) is 3. The standard InChI is InChI=1S/C16H19FN2O/c1-2-15(18)16(12-7-5-9-19-10-12)20-11-13-6-3-4-8-14(13)17/h3-10,15-16H,2,11,18H2,1H3. The second-order valence-electron chi connectivity index (χ2n) is 4.68. The molecule has 3 nitrogen and oxygen atoms in total. The highest BCUT2D eigenvalue weighted by Gasteiger charge is 2.20. The zero-order valence-electron chi connectivity index (χ0n) is 11.5. The van der Waals surface area contributed by atoms with Gasteiger partial charge in [0.15, 0.2) is 0 Å². The highest BCUT2D eigenvalue weighted by molar-refractivity contribution is 5.17. The van der Waals surface area contributed by atoms with Gasteiger partial charge in [-0.2, -0.15) is 0 Å². The van der Waals surface area contributed by atoms with Gasteiger partial charge in [0.1, 0.15) is 5.82 Å². The van der Waals surface area contributed by atoms with Crippen molar-refractivity contribution < 1.29 is 9.13 Å². The summed E-state index contributed by atoms with van der Waals surface area (Å²) in [5.74, 6) is -0.262. The Kier molecular flexibility index (Phi) is 5.21. The molecule has 0 saturated carbocycles. The molecule has 2 N–H and O–H groups in total. The molecule has 2 unspecified atom stereocenters. The lowest BCUT2D eigenvalue weighted by Crippen LogP contribution is -2.29. The van der Waals surface area contributed by atoms with Crippen molar-refractivity contribution in [3.63, 3.8) is 0 Å². The van der Waals surface area contributed by atoms with Crippen LogP contribution in [0.4, 0.5) is 4.39 Å². The molecule has 0 radical (unpaired) electrons. The second-order valence-corrected chi connectivity index (χ2v) is 4.68. The summed E-state index contributed by atoms with van der Waals surface area (Å²) < 4.78 is 19.4. The fourth-order valence-corrected chi connectivity index (χ4v) is 2.02. The molecule has 1 aromatic carbocycles. The molecule has 4 heteroatoms. The summed E-state index contributed by atoms with van der Waals surface area (Å²) in [5, 5.41) is 0. The van der Waals surface area contributed by atoms with Crippen molar-refractivity contribution in [1.29, 1.82) is 0 Å². The molecule has 1 heterocycles. The van der Waals surface area contributed by atoms with E-state index < -0.39 is 0 Å². The van der Waals surface area contributed by atoms with Crippen LogP contribution in [0.15, 0.2) is 48.8 Å². The average Bonchev–Trinajstić information content (AvgIpc) is 2.50. The first kappa shape index (κ1) is 14.6. The molecule has 0 amide bonds. The van der Waals surface area contributed by atoms with E-state index in [9.17, 15) is 4.39 Å². The van der Waals surface area contributed by atoms with E-state index in [2.05, 4.69) is 4.98 Å². The highest BCUT2D eigenvalue weighted by Crippen LogP contribution is 2.23. The summed E-state index contributed by atoms with van der Waals surface area (Å²) in [6.45, 7) is 2.19. The van der Waals surface area contributed by atoms with Crippen molar-refractivity contribution in [2.24, 2.45) is 5.73 Å². The van der Waals surface area contributed by atoms with Gasteiger partial charge >= 0.3 is 0 Å². The molecule has 0 aliphatic heterocycles. The average molecular weight is 274 g/mol. The van der Waals surface area contributed by atoms with Crippen molar-refractivity contribution in [2.75, 3.05) is 0 Å². The van der Waals surface area contributed by atoms with Gasteiger partial charge in [0, 0.05) is 29.6 Å². The molecule has 0 aliphatic carbocycles. The largest absolute Gasteiger partial charge is 0.367 e. The predicted molar refractivity (Wildman–Crippen MR) is 76.4 cm³/mol. The van der Waals surface area contributed by atoms with E-state index in [4.69, 9.17) is 10.5 Å². The maximum atomic E-state index is 13.6. The van der Waals surface area contributed by atoms with Crippen LogP contribution in [0.3, 0.4) is 0 Å². The third kappa shape index (κ3) is 3.62. The quantitative estimate of drug-likeness (QED) is 0.880. The minimum atomic E-state index is -0.284. The lowest BCUT2D eigenvalue weighted by Gasteiger charge is -2.23. The molecule has 0 bridgehead atoms.